The number of ether oxygens (including phenoxy) is 2. The molecule has 4 unspecified atom stereocenters. The first-order valence-corrected chi connectivity index (χ1v) is 5.79. The molecule has 0 spiro atoms. The van der Waals surface area contributed by atoms with Gasteiger partial charge in [0.25, 0.3) is 0 Å². The van der Waals surface area contributed by atoms with Gasteiger partial charge in [-0.2, -0.15) is 0 Å². The van der Waals surface area contributed by atoms with Crippen molar-refractivity contribution in [2.24, 2.45) is 0 Å². The minimum atomic E-state index is -1.49. The summed E-state index contributed by atoms with van der Waals surface area (Å²) in [5.74, 6) is -1.73. The number of aromatic hydroxyl groups is 1. The molecule has 0 aliphatic carbocycles. The van der Waals surface area contributed by atoms with E-state index in [1.807, 2.05) is 0 Å². The lowest BCUT2D eigenvalue weighted by molar-refractivity contribution is -0.242. The van der Waals surface area contributed by atoms with Gasteiger partial charge in [-0.25, -0.2) is 4.79 Å². The van der Waals surface area contributed by atoms with Crippen molar-refractivity contribution in [3.05, 3.63) is 23.8 Å². The van der Waals surface area contributed by atoms with Crippen LogP contribution in [0, 0.1) is 0 Å². The van der Waals surface area contributed by atoms with E-state index in [2.05, 4.69) is 0 Å². The fourth-order valence-electron chi connectivity index (χ4n) is 1.78. The summed E-state index contributed by atoms with van der Waals surface area (Å²) < 4.78 is 10.2. The smallest absolute Gasteiger partial charge is 0.339 e. The van der Waals surface area contributed by atoms with Crippen molar-refractivity contribution in [2.45, 2.75) is 24.6 Å². The number of aliphatic hydroxyl groups is 3. The first kappa shape index (κ1) is 14.5. The summed E-state index contributed by atoms with van der Waals surface area (Å²) in [7, 11) is 0. The Morgan fingerprint density at radius 2 is 1.95 bits per heavy atom. The minimum Gasteiger partial charge on any atom is -0.507 e. The molecule has 1 aromatic rings. The normalized spacial score (nSPS) is 29.9. The van der Waals surface area contributed by atoms with E-state index in [1.54, 1.807) is 0 Å². The van der Waals surface area contributed by atoms with Crippen molar-refractivity contribution in [2.75, 3.05) is 6.61 Å². The summed E-state index contributed by atoms with van der Waals surface area (Å²) in [6, 6.07) is 3.47. The third-order valence-electron chi connectivity index (χ3n) is 2.90. The molecule has 1 saturated heterocycles. The Morgan fingerprint density at radius 3 is 2.60 bits per heavy atom. The highest BCUT2D eigenvalue weighted by atomic mass is 16.7. The highest BCUT2D eigenvalue weighted by molar-refractivity contribution is 5.91. The Balaban J connectivity index is 2.14. The summed E-state index contributed by atoms with van der Waals surface area (Å²) in [6.45, 7) is -0.229. The molecule has 20 heavy (non-hydrogen) atoms. The number of phenols is 1. The van der Waals surface area contributed by atoms with E-state index in [-0.39, 0.29) is 17.9 Å². The van der Waals surface area contributed by atoms with Crippen molar-refractivity contribution in [3.8, 4) is 11.5 Å². The predicted octanol–water partition coefficient (Wildman–Crippen LogP) is -1.09. The molecular formula is C12H14O8. The van der Waals surface area contributed by atoms with Crippen LogP contribution in [0.5, 0.6) is 11.5 Å². The molecule has 1 heterocycles. The van der Waals surface area contributed by atoms with Gasteiger partial charge in [0.15, 0.2) is 0 Å². The maximum atomic E-state index is 10.9. The monoisotopic (exact) mass is 286 g/mol. The van der Waals surface area contributed by atoms with E-state index in [0.29, 0.717) is 0 Å². The van der Waals surface area contributed by atoms with Crippen LogP contribution in [0.2, 0.25) is 0 Å². The van der Waals surface area contributed by atoms with Crippen LogP contribution in [0.3, 0.4) is 0 Å². The average molecular weight is 286 g/mol. The van der Waals surface area contributed by atoms with E-state index in [1.165, 1.54) is 6.07 Å². The van der Waals surface area contributed by atoms with Gasteiger partial charge in [0.05, 0.1) is 6.61 Å². The van der Waals surface area contributed by atoms with Gasteiger partial charge < -0.3 is 35.0 Å². The molecule has 4 atom stereocenters. The van der Waals surface area contributed by atoms with Crippen LogP contribution >= 0.6 is 0 Å². The molecule has 2 rings (SSSR count). The average Bonchev–Trinajstić information content (AvgIpc) is 2.41. The van der Waals surface area contributed by atoms with E-state index in [4.69, 9.17) is 14.6 Å². The summed E-state index contributed by atoms with van der Waals surface area (Å²) in [6.07, 6.45) is -5.38. The Morgan fingerprint density at radius 1 is 1.25 bits per heavy atom. The number of hydrogen-bond donors (Lipinski definition) is 5. The van der Waals surface area contributed by atoms with Crippen molar-refractivity contribution < 1.29 is 39.8 Å². The maximum absolute atomic E-state index is 10.9. The van der Waals surface area contributed by atoms with Gasteiger partial charge in [0, 0.05) is 0 Å². The van der Waals surface area contributed by atoms with Crippen molar-refractivity contribution >= 4 is 5.97 Å². The molecular weight excluding hydrogens is 272 g/mol. The maximum Gasteiger partial charge on any atom is 0.339 e. The molecule has 1 fully saturated rings. The van der Waals surface area contributed by atoms with Gasteiger partial charge in [-0.05, 0) is 18.2 Å². The fraction of sp³-hybridized carbons (Fsp3) is 0.417. The van der Waals surface area contributed by atoms with E-state index < -0.39 is 36.3 Å². The van der Waals surface area contributed by atoms with Crippen molar-refractivity contribution in [1.82, 2.24) is 0 Å². The first-order valence-electron chi connectivity index (χ1n) is 5.79. The number of carboxylic acid groups (broad SMARTS) is 1. The molecule has 1 aliphatic heterocycles. The molecule has 0 aromatic heterocycles. The molecule has 0 bridgehead atoms. The molecule has 0 amide bonds. The van der Waals surface area contributed by atoms with Crippen LogP contribution in [-0.2, 0) is 4.74 Å². The van der Waals surface area contributed by atoms with Crippen LogP contribution in [0.1, 0.15) is 10.4 Å². The third kappa shape index (κ3) is 2.83. The molecule has 5 N–H and O–H groups in total. The molecule has 0 radical (unpaired) electrons. The van der Waals surface area contributed by atoms with Gasteiger partial charge in [-0.3, -0.25) is 0 Å². The second-order valence-electron chi connectivity index (χ2n) is 4.35. The highest BCUT2D eigenvalue weighted by Gasteiger charge is 2.39. The number of carbonyl (C=O) groups is 1. The molecule has 8 nitrogen and oxygen atoms in total. The Hall–Kier alpha value is -1.87. The van der Waals surface area contributed by atoms with Crippen molar-refractivity contribution in [3.63, 3.8) is 0 Å². The number of aliphatic hydroxyl groups excluding tert-OH is 3. The predicted molar refractivity (Wildman–Crippen MR) is 63.5 cm³/mol. The summed E-state index contributed by atoms with van der Waals surface area (Å²) in [5.41, 5.74) is -0.367. The summed E-state index contributed by atoms with van der Waals surface area (Å²) >= 11 is 0. The number of hydrogen-bond acceptors (Lipinski definition) is 7. The number of aromatic carboxylic acids is 1. The minimum absolute atomic E-state index is 0.0350. The van der Waals surface area contributed by atoms with Crippen LogP contribution in [-0.4, -0.2) is 62.7 Å². The highest BCUT2D eigenvalue weighted by Crippen LogP contribution is 2.26. The summed E-state index contributed by atoms with van der Waals surface area (Å²) in [4.78, 5) is 10.9. The number of carboxylic acids is 1. The first-order chi connectivity index (χ1) is 9.40. The lowest BCUT2D eigenvalue weighted by Gasteiger charge is -2.34. The quantitative estimate of drug-likeness (QED) is 0.472. The largest absolute Gasteiger partial charge is 0.507 e. The second-order valence-corrected chi connectivity index (χ2v) is 4.35. The molecule has 1 aliphatic rings. The molecule has 1 aromatic carbocycles. The Kier molecular flexibility index (Phi) is 4.09. The third-order valence-corrected chi connectivity index (χ3v) is 2.90. The van der Waals surface area contributed by atoms with E-state index in [9.17, 15) is 25.2 Å². The van der Waals surface area contributed by atoms with Gasteiger partial charge in [-0.1, -0.05) is 0 Å². The van der Waals surface area contributed by atoms with Crippen LogP contribution in [0.15, 0.2) is 18.2 Å². The molecule has 8 heteroatoms. The van der Waals surface area contributed by atoms with Crippen LogP contribution in [0.4, 0.5) is 0 Å². The lowest BCUT2D eigenvalue weighted by atomic mass is 10.1. The standard InChI is InChI=1S/C12H14O8/c13-7-2-1-5(3-6(7)11(17)18)20-12-10(16)9(15)8(14)4-19-12/h1-3,8-10,12-16H,4H2,(H,17,18). The van der Waals surface area contributed by atoms with Gasteiger partial charge >= 0.3 is 5.97 Å². The zero-order valence-corrected chi connectivity index (χ0v) is 10.2. The SMILES string of the molecule is O=C(O)c1cc(OC2OCC(O)C(O)C2O)ccc1O. The van der Waals surface area contributed by atoms with Crippen LogP contribution < -0.4 is 4.74 Å². The zero-order valence-electron chi connectivity index (χ0n) is 10.2. The molecule has 110 valence electrons. The zero-order chi connectivity index (χ0) is 14.9. The Labute approximate surface area is 113 Å². The van der Waals surface area contributed by atoms with Gasteiger partial charge in [0.1, 0.15) is 35.4 Å². The molecule has 0 saturated carbocycles. The van der Waals surface area contributed by atoms with E-state index in [0.717, 1.165) is 12.1 Å². The topological polar surface area (TPSA) is 137 Å². The lowest BCUT2D eigenvalue weighted by Crippen LogP contribution is -2.54. The second kappa shape index (κ2) is 5.63. The Bertz CT molecular complexity index is 502. The number of benzene rings is 1. The van der Waals surface area contributed by atoms with Crippen molar-refractivity contribution in [1.29, 1.82) is 0 Å². The summed E-state index contributed by atoms with van der Waals surface area (Å²) in [5, 5.41) is 46.7. The fourth-order valence-corrected chi connectivity index (χ4v) is 1.78. The van der Waals surface area contributed by atoms with Crippen LogP contribution in [0.25, 0.3) is 0 Å². The van der Waals surface area contributed by atoms with Gasteiger partial charge in [-0.15, -0.1) is 0 Å². The number of rotatable bonds is 3. The van der Waals surface area contributed by atoms with Gasteiger partial charge in [0.2, 0.25) is 6.29 Å². The van der Waals surface area contributed by atoms with E-state index >= 15 is 0 Å².